The number of rotatable bonds is 1. The van der Waals surface area contributed by atoms with Gasteiger partial charge in [0.05, 0.1) is 9.81 Å². The summed E-state index contributed by atoms with van der Waals surface area (Å²) < 4.78 is 0.676. The van der Waals surface area contributed by atoms with Gasteiger partial charge in [-0.3, -0.25) is 0 Å². The zero-order chi connectivity index (χ0) is 16.4. The van der Waals surface area contributed by atoms with Crippen LogP contribution in [0.5, 0.6) is 0 Å². The van der Waals surface area contributed by atoms with Crippen molar-refractivity contribution in [2.24, 2.45) is 0 Å². The molecule has 0 bridgehead atoms. The summed E-state index contributed by atoms with van der Waals surface area (Å²) in [6.07, 6.45) is 0. The number of hydrogen-bond acceptors (Lipinski definition) is 7. The van der Waals surface area contributed by atoms with Gasteiger partial charge >= 0.3 is 0 Å². The summed E-state index contributed by atoms with van der Waals surface area (Å²) in [6.45, 7) is 0. The number of aromatic nitrogens is 2. The maximum absolute atomic E-state index is 9.51. The van der Waals surface area contributed by atoms with E-state index in [1.165, 1.54) is 23.5 Å². The van der Waals surface area contributed by atoms with Crippen molar-refractivity contribution in [1.29, 1.82) is 15.8 Å². The Hall–Kier alpha value is -2.50. The second-order valence-electron chi connectivity index (χ2n) is 4.21. The van der Waals surface area contributed by atoms with E-state index in [9.17, 15) is 5.26 Å². The number of thioether (sulfide) groups is 2. The molecule has 3 rings (SSSR count). The Morgan fingerprint density at radius 2 is 1.52 bits per heavy atom. The zero-order valence-electron chi connectivity index (χ0n) is 11.2. The molecule has 1 aliphatic heterocycles. The second-order valence-corrected chi connectivity index (χ2v) is 6.88. The van der Waals surface area contributed by atoms with Gasteiger partial charge in [-0.15, -0.1) is 0 Å². The van der Waals surface area contributed by atoms with Gasteiger partial charge in [0.2, 0.25) is 0 Å². The molecule has 108 valence electrons. The third-order valence-corrected chi connectivity index (χ3v) is 5.58. The Kier molecular flexibility index (Phi) is 4.23. The highest BCUT2D eigenvalue weighted by atomic mass is 35.5. The summed E-state index contributed by atoms with van der Waals surface area (Å²) in [5, 5.41) is 29.0. The molecule has 0 saturated heterocycles. The fourth-order valence-corrected chi connectivity index (χ4v) is 4.40. The second kappa shape index (κ2) is 6.32. The number of benzene rings is 1. The Balaban J connectivity index is 2.11. The van der Waals surface area contributed by atoms with Crippen LogP contribution in [0.25, 0.3) is 5.57 Å². The number of nitrogens with zero attached hydrogens (tertiary/aromatic N) is 5. The highest BCUT2D eigenvalue weighted by Gasteiger charge is 2.27. The van der Waals surface area contributed by atoms with E-state index in [0.29, 0.717) is 30.4 Å². The Labute approximate surface area is 145 Å². The number of nitriles is 3. The summed E-state index contributed by atoms with van der Waals surface area (Å²) in [7, 11) is 0. The lowest BCUT2D eigenvalue weighted by molar-refractivity contribution is 0.902. The molecule has 0 radical (unpaired) electrons. The molecule has 2 heterocycles. The van der Waals surface area contributed by atoms with E-state index >= 15 is 0 Å². The van der Waals surface area contributed by atoms with Crippen LogP contribution >= 0.6 is 35.1 Å². The van der Waals surface area contributed by atoms with Crippen molar-refractivity contribution in [3.63, 3.8) is 0 Å². The quantitative estimate of drug-likeness (QED) is 0.715. The van der Waals surface area contributed by atoms with Crippen LogP contribution in [0.15, 0.2) is 38.6 Å². The summed E-state index contributed by atoms with van der Waals surface area (Å²) in [5.41, 5.74) is 1.01. The predicted molar refractivity (Wildman–Crippen MR) is 87.2 cm³/mol. The van der Waals surface area contributed by atoms with Crippen LogP contribution in [0, 0.1) is 34.0 Å². The number of halogens is 1. The minimum absolute atomic E-state index is 0.0168. The topological polar surface area (TPSA) is 97.1 Å². The van der Waals surface area contributed by atoms with E-state index in [2.05, 4.69) is 16.0 Å². The lowest BCUT2D eigenvalue weighted by Crippen LogP contribution is -1.96. The maximum atomic E-state index is 9.51. The van der Waals surface area contributed by atoms with Gasteiger partial charge in [0.15, 0.2) is 11.4 Å². The lowest BCUT2D eigenvalue weighted by Gasteiger charge is -2.04. The number of allylic oxidation sites excluding steroid dienone is 1. The molecular formula is C15H4ClN5S2. The summed E-state index contributed by atoms with van der Waals surface area (Å²) >= 11 is 8.66. The SMILES string of the molecule is N#CC(=C1Sc2nc(C#N)c(C#N)nc2S1)c1ccccc1Cl. The highest BCUT2D eigenvalue weighted by Crippen LogP contribution is 2.52. The minimum atomic E-state index is -0.0168. The van der Waals surface area contributed by atoms with E-state index in [1.807, 2.05) is 12.1 Å². The van der Waals surface area contributed by atoms with Crippen molar-refractivity contribution in [3.8, 4) is 18.2 Å². The third-order valence-electron chi connectivity index (χ3n) is 2.88. The standard InChI is InChI=1S/C15H4ClN5S2/c16-10-4-2-1-3-8(10)9(5-17)15-22-13-14(23-15)21-12(7-19)11(6-18)20-13/h1-4H. The Morgan fingerprint density at radius 1 is 0.957 bits per heavy atom. The molecule has 1 aliphatic rings. The predicted octanol–water partition coefficient (Wildman–Crippen LogP) is 3.96. The van der Waals surface area contributed by atoms with Crippen molar-refractivity contribution in [3.05, 3.63) is 50.5 Å². The maximum Gasteiger partial charge on any atom is 0.178 e. The third kappa shape index (κ3) is 2.76. The van der Waals surface area contributed by atoms with Gasteiger partial charge in [-0.1, -0.05) is 53.3 Å². The molecule has 0 amide bonds. The molecule has 23 heavy (non-hydrogen) atoms. The van der Waals surface area contributed by atoms with E-state index in [0.717, 1.165) is 0 Å². The zero-order valence-corrected chi connectivity index (χ0v) is 13.6. The summed E-state index contributed by atoms with van der Waals surface area (Å²) in [6, 6.07) is 12.9. The smallest absolute Gasteiger partial charge is 0.178 e. The monoisotopic (exact) mass is 353 g/mol. The summed E-state index contributed by atoms with van der Waals surface area (Å²) in [4.78, 5) is 8.29. The first-order valence-electron chi connectivity index (χ1n) is 6.15. The molecular weight excluding hydrogens is 350 g/mol. The van der Waals surface area contributed by atoms with Gasteiger partial charge in [0.1, 0.15) is 28.3 Å². The van der Waals surface area contributed by atoms with Gasteiger partial charge in [-0.25, -0.2) is 9.97 Å². The molecule has 0 aliphatic carbocycles. The molecule has 0 atom stereocenters. The Bertz CT molecular complexity index is 934. The first-order chi connectivity index (χ1) is 11.2. The van der Waals surface area contributed by atoms with E-state index in [-0.39, 0.29) is 11.4 Å². The molecule has 0 saturated carbocycles. The van der Waals surface area contributed by atoms with Crippen molar-refractivity contribution in [2.45, 2.75) is 10.1 Å². The van der Waals surface area contributed by atoms with Crippen molar-refractivity contribution < 1.29 is 0 Å². The molecule has 0 N–H and O–H groups in total. The van der Waals surface area contributed by atoms with Gasteiger partial charge in [0.25, 0.3) is 0 Å². The van der Waals surface area contributed by atoms with Gasteiger partial charge in [-0.05, 0) is 6.07 Å². The molecule has 0 fully saturated rings. The van der Waals surface area contributed by atoms with Crippen molar-refractivity contribution in [1.82, 2.24) is 9.97 Å². The van der Waals surface area contributed by atoms with Crippen LogP contribution in [0.3, 0.4) is 0 Å². The number of fused-ring (bicyclic) bond motifs is 1. The first-order valence-corrected chi connectivity index (χ1v) is 8.16. The molecule has 1 aromatic carbocycles. The minimum Gasteiger partial charge on any atom is -0.224 e. The van der Waals surface area contributed by atoms with E-state index < -0.39 is 0 Å². The van der Waals surface area contributed by atoms with Crippen LogP contribution in [0.1, 0.15) is 17.0 Å². The Morgan fingerprint density at radius 3 is 2.00 bits per heavy atom. The molecule has 1 aromatic heterocycles. The lowest BCUT2D eigenvalue weighted by atomic mass is 10.1. The summed E-state index contributed by atoms with van der Waals surface area (Å²) in [5.74, 6) is 0. The van der Waals surface area contributed by atoms with E-state index in [1.54, 1.807) is 24.3 Å². The fourth-order valence-electron chi connectivity index (χ4n) is 1.87. The molecule has 5 nitrogen and oxygen atoms in total. The van der Waals surface area contributed by atoms with Crippen LogP contribution in [0.2, 0.25) is 5.02 Å². The van der Waals surface area contributed by atoms with Crippen LogP contribution in [-0.2, 0) is 0 Å². The fraction of sp³-hybridized carbons (Fsp3) is 0. The largest absolute Gasteiger partial charge is 0.224 e. The van der Waals surface area contributed by atoms with Crippen LogP contribution in [0.4, 0.5) is 0 Å². The molecule has 8 heteroatoms. The molecule has 0 spiro atoms. The van der Waals surface area contributed by atoms with Crippen molar-refractivity contribution in [2.75, 3.05) is 0 Å². The highest BCUT2D eigenvalue weighted by molar-refractivity contribution is 8.24. The first kappa shape index (κ1) is 15.4. The average molecular weight is 354 g/mol. The normalized spacial score (nSPS) is 12.0. The van der Waals surface area contributed by atoms with Gasteiger partial charge < -0.3 is 0 Å². The van der Waals surface area contributed by atoms with Gasteiger partial charge in [0, 0.05) is 10.6 Å². The average Bonchev–Trinajstić information content (AvgIpc) is 2.98. The number of hydrogen-bond donors (Lipinski definition) is 0. The van der Waals surface area contributed by atoms with Crippen LogP contribution in [-0.4, -0.2) is 9.97 Å². The van der Waals surface area contributed by atoms with E-state index in [4.69, 9.17) is 22.1 Å². The van der Waals surface area contributed by atoms with Gasteiger partial charge in [-0.2, -0.15) is 15.8 Å². The molecule has 0 unspecified atom stereocenters. The van der Waals surface area contributed by atoms with Crippen LogP contribution < -0.4 is 0 Å². The van der Waals surface area contributed by atoms with Crippen molar-refractivity contribution >= 4 is 40.7 Å². The molecule has 2 aromatic rings.